The fraction of sp³-hybridized carbons (Fsp3) is 0.364. The Bertz CT molecular complexity index is 785. The van der Waals surface area contributed by atoms with Crippen molar-refractivity contribution in [2.45, 2.75) is 45.8 Å². The van der Waals surface area contributed by atoms with Crippen LogP contribution in [0.25, 0.3) is 0 Å². The Balaban J connectivity index is 2.17. The molecule has 28 heavy (non-hydrogen) atoms. The highest BCUT2D eigenvalue weighted by molar-refractivity contribution is 5.97. The normalized spacial score (nSPS) is 12.0. The molecule has 0 saturated heterocycles. The zero-order chi connectivity index (χ0) is 20.6. The van der Waals surface area contributed by atoms with Crippen molar-refractivity contribution in [1.29, 1.82) is 0 Å². The molecule has 0 aliphatic heterocycles. The van der Waals surface area contributed by atoms with E-state index in [0.717, 1.165) is 5.56 Å². The van der Waals surface area contributed by atoms with Crippen LogP contribution in [0.3, 0.4) is 0 Å². The van der Waals surface area contributed by atoms with E-state index in [1.165, 1.54) is 0 Å². The Hall–Kier alpha value is -3.02. The molecule has 2 amide bonds. The maximum absolute atomic E-state index is 12.9. The van der Waals surface area contributed by atoms with Crippen LogP contribution in [0.5, 0.6) is 5.75 Å². The monoisotopic (exact) mass is 384 g/mol. The van der Waals surface area contributed by atoms with Crippen LogP contribution in [0.4, 0.5) is 10.5 Å². The molecular formula is C22H28N2O4. The Kier molecular flexibility index (Phi) is 7.44. The first kappa shape index (κ1) is 21.3. The number of benzene rings is 2. The van der Waals surface area contributed by atoms with E-state index in [9.17, 15) is 9.59 Å². The van der Waals surface area contributed by atoms with Gasteiger partial charge in [-0.3, -0.25) is 4.79 Å². The van der Waals surface area contributed by atoms with Crippen molar-refractivity contribution in [2.75, 3.05) is 11.9 Å². The van der Waals surface area contributed by atoms with Crippen LogP contribution in [0.1, 0.15) is 33.3 Å². The third kappa shape index (κ3) is 6.95. The van der Waals surface area contributed by atoms with Gasteiger partial charge in [0.2, 0.25) is 5.91 Å². The second-order valence-corrected chi connectivity index (χ2v) is 7.31. The summed E-state index contributed by atoms with van der Waals surface area (Å²) in [6, 6.07) is 15.9. The Morgan fingerprint density at radius 2 is 1.64 bits per heavy atom. The van der Waals surface area contributed by atoms with Crippen molar-refractivity contribution in [1.82, 2.24) is 5.32 Å². The lowest BCUT2D eigenvalue weighted by molar-refractivity contribution is -0.118. The second kappa shape index (κ2) is 9.78. The van der Waals surface area contributed by atoms with Crippen molar-refractivity contribution < 1.29 is 19.1 Å². The number of amides is 2. The number of anilines is 1. The molecule has 0 saturated carbocycles. The van der Waals surface area contributed by atoms with Crippen LogP contribution in [-0.4, -0.2) is 30.3 Å². The highest BCUT2D eigenvalue weighted by Gasteiger charge is 2.25. The average Bonchev–Trinajstić information content (AvgIpc) is 2.62. The van der Waals surface area contributed by atoms with Crippen molar-refractivity contribution in [3.05, 3.63) is 60.2 Å². The molecule has 150 valence electrons. The van der Waals surface area contributed by atoms with Gasteiger partial charge in [-0.15, -0.1) is 0 Å². The van der Waals surface area contributed by atoms with E-state index in [0.29, 0.717) is 24.5 Å². The van der Waals surface area contributed by atoms with Crippen LogP contribution < -0.4 is 15.4 Å². The van der Waals surface area contributed by atoms with Gasteiger partial charge >= 0.3 is 6.09 Å². The maximum atomic E-state index is 12.9. The van der Waals surface area contributed by atoms with Crippen LogP contribution in [-0.2, 0) is 16.0 Å². The van der Waals surface area contributed by atoms with Gasteiger partial charge < -0.3 is 20.1 Å². The van der Waals surface area contributed by atoms with Gasteiger partial charge in [0.05, 0.1) is 12.3 Å². The Morgan fingerprint density at radius 1 is 1.00 bits per heavy atom. The quantitative estimate of drug-likeness (QED) is 0.751. The minimum Gasteiger partial charge on any atom is -0.492 e. The van der Waals surface area contributed by atoms with Crippen molar-refractivity contribution >= 4 is 17.7 Å². The van der Waals surface area contributed by atoms with E-state index in [-0.39, 0.29) is 5.91 Å². The summed E-state index contributed by atoms with van der Waals surface area (Å²) in [6.45, 7) is 7.68. The fourth-order valence-corrected chi connectivity index (χ4v) is 2.58. The molecule has 1 atom stereocenters. The van der Waals surface area contributed by atoms with Gasteiger partial charge in [-0.1, -0.05) is 42.5 Å². The summed E-state index contributed by atoms with van der Waals surface area (Å²) in [5.74, 6) is 0.232. The first-order chi connectivity index (χ1) is 13.3. The second-order valence-electron chi connectivity index (χ2n) is 7.31. The predicted octanol–water partition coefficient (Wildman–Crippen LogP) is 4.16. The maximum Gasteiger partial charge on any atom is 0.408 e. The molecule has 0 radical (unpaired) electrons. The molecule has 0 heterocycles. The van der Waals surface area contributed by atoms with Gasteiger partial charge in [-0.2, -0.15) is 0 Å². The molecule has 0 aliphatic carbocycles. The van der Waals surface area contributed by atoms with Crippen molar-refractivity contribution in [3.63, 3.8) is 0 Å². The van der Waals surface area contributed by atoms with Gasteiger partial charge in [0.1, 0.15) is 17.4 Å². The standard InChI is InChI=1S/C22H28N2O4/c1-5-27-19-14-10-9-13-17(19)23-20(25)18(15-16-11-7-6-8-12-16)24-21(26)28-22(2,3)4/h6-14,18H,5,15H2,1-4H3,(H,23,25)(H,24,26)/t18-/m0/s1. The van der Waals surface area contributed by atoms with Crippen LogP contribution in [0.2, 0.25) is 0 Å². The molecule has 2 rings (SSSR count). The molecule has 2 aromatic carbocycles. The summed E-state index contributed by atoms with van der Waals surface area (Å²) >= 11 is 0. The number of alkyl carbamates (subject to hydrolysis) is 1. The number of ether oxygens (including phenoxy) is 2. The van der Waals surface area contributed by atoms with E-state index in [1.54, 1.807) is 32.9 Å². The molecule has 2 aromatic rings. The summed E-state index contributed by atoms with van der Waals surface area (Å²) in [5.41, 5.74) is 0.828. The lowest BCUT2D eigenvalue weighted by Gasteiger charge is -2.23. The first-order valence-corrected chi connectivity index (χ1v) is 9.34. The molecular weight excluding hydrogens is 356 g/mol. The molecule has 0 unspecified atom stereocenters. The third-order valence-corrected chi connectivity index (χ3v) is 3.73. The number of nitrogens with one attached hydrogen (secondary N) is 2. The SMILES string of the molecule is CCOc1ccccc1NC(=O)[C@H](Cc1ccccc1)NC(=O)OC(C)(C)C. The number of carbonyl (C=O) groups excluding carboxylic acids is 2. The van der Waals surface area contributed by atoms with Gasteiger partial charge in [-0.25, -0.2) is 4.79 Å². The van der Waals surface area contributed by atoms with Gasteiger partial charge in [-0.05, 0) is 45.4 Å². The largest absolute Gasteiger partial charge is 0.492 e. The summed E-state index contributed by atoms with van der Waals surface area (Å²) in [5, 5.41) is 5.53. The van der Waals surface area contributed by atoms with Crippen LogP contribution in [0.15, 0.2) is 54.6 Å². The molecule has 0 fully saturated rings. The molecule has 0 aromatic heterocycles. The zero-order valence-corrected chi connectivity index (χ0v) is 16.8. The van der Waals surface area contributed by atoms with Crippen LogP contribution in [0, 0.1) is 0 Å². The summed E-state index contributed by atoms with van der Waals surface area (Å²) < 4.78 is 10.9. The minimum atomic E-state index is -0.799. The third-order valence-electron chi connectivity index (χ3n) is 3.73. The van der Waals surface area contributed by atoms with Crippen molar-refractivity contribution in [2.24, 2.45) is 0 Å². The topological polar surface area (TPSA) is 76.7 Å². The summed E-state index contributed by atoms with van der Waals surface area (Å²) in [4.78, 5) is 25.2. The predicted molar refractivity (Wildman–Crippen MR) is 110 cm³/mol. The number of hydrogen-bond acceptors (Lipinski definition) is 4. The van der Waals surface area contributed by atoms with Gasteiger partial charge in [0.15, 0.2) is 0 Å². The van der Waals surface area contributed by atoms with E-state index < -0.39 is 17.7 Å². The number of carbonyl (C=O) groups is 2. The van der Waals surface area contributed by atoms with Crippen LogP contribution >= 0.6 is 0 Å². The lowest BCUT2D eigenvalue weighted by atomic mass is 10.1. The molecule has 0 bridgehead atoms. The van der Waals surface area contributed by atoms with Crippen molar-refractivity contribution in [3.8, 4) is 5.75 Å². The summed E-state index contributed by atoms with van der Waals surface area (Å²) in [7, 11) is 0. The number of rotatable bonds is 7. The van der Waals surface area contributed by atoms with Gasteiger partial charge in [0, 0.05) is 6.42 Å². The van der Waals surface area contributed by atoms with E-state index in [1.807, 2.05) is 49.4 Å². The lowest BCUT2D eigenvalue weighted by Crippen LogP contribution is -2.47. The van der Waals surface area contributed by atoms with Gasteiger partial charge in [0.25, 0.3) is 0 Å². The number of para-hydroxylation sites is 2. The highest BCUT2D eigenvalue weighted by Crippen LogP contribution is 2.24. The smallest absolute Gasteiger partial charge is 0.408 e. The summed E-state index contributed by atoms with van der Waals surface area (Å²) in [6.07, 6.45) is -0.301. The Labute approximate surface area is 166 Å². The minimum absolute atomic E-state index is 0.336. The molecule has 6 heteroatoms. The zero-order valence-electron chi connectivity index (χ0n) is 16.8. The molecule has 6 nitrogen and oxygen atoms in total. The molecule has 0 spiro atoms. The van der Waals surface area contributed by atoms with E-state index in [2.05, 4.69) is 10.6 Å². The average molecular weight is 384 g/mol. The molecule has 0 aliphatic rings. The molecule has 2 N–H and O–H groups in total. The first-order valence-electron chi connectivity index (χ1n) is 9.34. The number of hydrogen-bond donors (Lipinski definition) is 2. The van der Waals surface area contributed by atoms with E-state index >= 15 is 0 Å². The highest BCUT2D eigenvalue weighted by atomic mass is 16.6. The Morgan fingerprint density at radius 3 is 2.29 bits per heavy atom. The van der Waals surface area contributed by atoms with E-state index in [4.69, 9.17) is 9.47 Å². The fourth-order valence-electron chi connectivity index (χ4n) is 2.58.